The molecule has 2 aromatic heterocycles. The van der Waals surface area contributed by atoms with E-state index in [9.17, 15) is 26.3 Å². The van der Waals surface area contributed by atoms with E-state index in [-0.39, 0.29) is 16.1 Å². The number of thiophene rings is 1. The summed E-state index contributed by atoms with van der Waals surface area (Å²) in [6.07, 6.45) is 0. The second-order valence-corrected chi connectivity index (χ2v) is 9.19. The summed E-state index contributed by atoms with van der Waals surface area (Å²) < 4.78 is 86.6. The molecule has 0 radical (unpaired) electrons. The van der Waals surface area contributed by atoms with Crippen LogP contribution in [0, 0.1) is 27.7 Å². The molecule has 1 nitrogen and oxygen atoms in total. The summed E-state index contributed by atoms with van der Waals surface area (Å²) in [6.45, 7) is 6.07. The van der Waals surface area contributed by atoms with Crippen LogP contribution in [0.25, 0.3) is 0 Å². The predicted molar refractivity (Wildman–Crippen MR) is 85.7 cm³/mol. The van der Waals surface area contributed by atoms with Gasteiger partial charge in [0.25, 0.3) is 0 Å². The number of halogens is 6. The van der Waals surface area contributed by atoms with Gasteiger partial charge in [-0.05, 0) is 39.3 Å². The summed E-state index contributed by atoms with van der Waals surface area (Å²) in [7, 11) is 0. The minimum Gasteiger partial charge on any atom is -0.246 e. The second kappa shape index (κ2) is 5.45. The third-order valence-electron chi connectivity index (χ3n) is 4.60. The number of hydrogen-bond acceptors (Lipinski definition) is 3. The van der Waals surface area contributed by atoms with Crippen molar-refractivity contribution in [3.63, 3.8) is 0 Å². The first kappa shape index (κ1) is 18.7. The Labute approximate surface area is 148 Å². The highest BCUT2D eigenvalue weighted by atomic mass is 32.1. The molecule has 0 saturated heterocycles. The lowest BCUT2D eigenvalue weighted by atomic mass is 9.84. The van der Waals surface area contributed by atoms with E-state index in [1.54, 1.807) is 6.92 Å². The first-order chi connectivity index (χ1) is 11.3. The van der Waals surface area contributed by atoms with Gasteiger partial charge in [-0.1, -0.05) is 0 Å². The Morgan fingerprint density at radius 2 is 1.40 bits per heavy atom. The van der Waals surface area contributed by atoms with Crippen LogP contribution in [0.2, 0.25) is 0 Å². The van der Waals surface area contributed by atoms with E-state index < -0.39 is 29.6 Å². The first-order valence-electron chi connectivity index (χ1n) is 7.46. The molecule has 138 valence electrons. The monoisotopic (exact) mass is 399 g/mol. The summed E-state index contributed by atoms with van der Waals surface area (Å²) in [4.78, 5) is 5.10. The molecule has 0 spiro atoms. The van der Waals surface area contributed by atoms with E-state index in [1.807, 2.05) is 0 Å². The van der Waals surface area contributed by atoms with Gasteiger partial charge in [-0.25, -0.2) is 4.98 Å². The lowest BCUT2D eigenvalue weighted by Crippen LogP contribution is -2.48. The van der Waals surface area contributed by atoms with Gasteiger partial charge >= 0.3 is 17.8 Å². The van der Waals surface area contributed by atoms with Gasteiger partial charge < -0.3 is 0 Å². The summed E-state index contributed by atoms with van der Waals surface area (Å²) in [6, 6.07) is 1.30. The lowest BCUT2D eigenvalue weighted by molar-refractivity contribution is -0.275. The molecule has 0 N–H and O–H groups in total. The fourth-order valence-electron chi connectivity index (χ4n) is 3.53. The summed E-state index contributed by atoms with van der Waals surface area (Å²) in [5, 5.41) is 0.374. The van der Waals surface area contributed by atoms with Crippen LogP contribution >= 0.6 is 22.7 Å². The maximum absolute atomic E-state index is 14.6. The zero-order valence-corrected chi connectivity index (χ0v) is 15.4. The van der Waals surface area contributed by atoms with Gasteiger partial charge in [-0.15, -0.1) is 22.7 Å². The molecule has 1 fully saturated rings. The Bertz CT molecular complexity index is 756. The number of rotatable bonds is 2. The van der Waals surface area contributed by atoms with Crippen molar-refractivity contribution < 1.29 is 26.3 Å². The topological polar surface area (TPSA) is 12.9 Å². The van der Waals surface area contributed by atoms with Crippen LogP contribution in [-0.4, -0.2) is 22.8 Å². The van der Waals surface area contributed by atoms with Crippen molar-refractivity contribution in [1.29, 1.82) is 0 Å². The van der Waals surface area contributed by atoms with Crippen LogP contribution in [0.1, 0.15) is 42.7 Å². The van der Waals surface area contributed by atoms with Gasteiger partial charge in [-0.3, -0.25) is 0 Å². The standard InChI is InChI=1S/C16H15F6NS2/c1-6-5-10(7(2)24-6)11-12(13-8(3)25-9(4)23-13)15(19,20)16(21,22)14(11,17)18/h5,11-12H,1-4H3. The minimum atomic E-state index is -5.46. The summed E-state index contributed by atoms with van der Waals surface area (Å²) in [5.41, 5.74) is -0.517. The molecule has 2 heterocycles. The van der Waals surface area contributed by atoms with Crippen molar-refractivity contribution in [3.8, 4) is 0 Å². The number of alkyl halides is 6. The molecule has 1 saturated carbocycles. The van der Waals surface area contributed by atoms with Gasteiger partial charge in [0.15, 0.2) is 0 Å². The molecular formula is C16H15F6NS2. The summed E-state index contributed by atoms with van der Waals surface area (Å²) in [5.74, 6) is -20.0. The van der Waals surface area contributed by atoms with E-state index in [0.717, 1.165) is 22.7 Å². The summed E-state index contributed by atoms with van der Waals surface area (Å²) >= 11 is 2.15. The van der Waals surface area contributed by atoms with Crippen molar-refractivity contribution in [2.75, 3.05) is 0 Å². The molecule has 0 bridgehead atoms. The number of nitrogens with zero attached hydrogens (tertiary/aromatic N) is 1. The van der Waals surface area contributed by atoms with Crippen molar-refractivity contribution in [3.05, 3.63) is 37.0 Å². The fourth-order valence-corrected chi connectivity index (χ4v) is 5.37. The van der Waals surface area contributed by atoms with E-state index in [0.29, 0.717) is 14.8 Å². The number of aryl methyl sites for hydroxylation is 4. The van der Waals surface area contributed by atoms with E-state index >= 15 is 0 Å². The largest absolute Gasteiger partial charge is 0.373 e. The SMILES string of the molecule is Cc1cc(C2C(c3nc(C)sc3C)C(F)(F)C(F)(F)C2(F)F)c(C)s1. The first-order valence-corrected chi connectivity index (χ1v) is 9.10. The third kappa shape index (κ3) is 2.38. The third-order valence-corrected chi connectivity index (χ3v) is 6.48. The normalized spacial score (nSPS) is 27.0. The Morgan fingerprint density at radius 3 is 1.84 bits per heavy atom. The molecule has 9 heteroatoms. The molecule has 3 rings (SSSR count). The Hall–Kier alpha value is -1.09. The van der Waals surface area contributed by atoms with Crippen molar-refractivity contribution >= 4 is 22.7 Å². The second-order valence-electron chi connectivity index (χ2n) is 6.32. The van der Waals surface area contributed by atoms with Crippen molar-refractivity contribution in [1.82, 2.24) is 4.98 Å². The van der Waals surface area contributed by atoms with Gasteiger partial charge in [0.1, 0.15) is 0 Å². The predicted octanol–water partition coefficient (Wildman–Crippen LogP) is 6.23. The molecular weight excluding hydrogens is 384 g/mol. The average molecular weight is 399 g/mol. The maximum Gasteiger partial charge on any atom is 0.373 e. The van der Waals surface area contributed by atoms with Gasteiger partial charge in [-0.2, -0.15) is 26.3 Å². The molecule has 0 amide bonds. The Kier molecular flexibility index (Phi) is 4.08. The van der Waals surface area contributed by atoms with Crippen molar-refractivity contribution in [2.24, 2.45) is 0 Å². The molecule has 1 aliphatic carbocycles. The van der Waals surface area contributed by atoms with Crippen LogP contribution in [-0.2, 0) is 0 Å². The Morgan fingerprint density at radius 1 is 0.840 bits per heavy atom. The average Bonchev–Trinajstić information content (AvgIpc) is 2.98. The molecule has 2 aromatic rings. The molecule has 1 aliphatic rings. The molecule has 2 atom stereocenters. The highest BCUT2D eigenvalue weighted by Crippen LogP contribution is 2.69. The quantitative estimate of drug-likeness (QED) is 0.546. The van der Waals surface area contributed by atoms with Crippen LogP contribution in [0.15, 0.2) is 6.07 Å². The van der Waals surface area contributed by atoms with E-state index in [1.165, 1.54) is 26.8 Å². The molecule has 25 heavy (non-hydrogen) atoms. The zero-order chi connectivity index (χ0) is 18.9. The van der Waals surface area contributed by atoms with Gasteiger partial charge in [0.2, 0.25) is 0 Å². The molecule has 0 aromatic carbocycles. The highest BCUT2D eigenvalue weighted by Gasteiger charge is 2.85. The van der Waals surface area contributed by atoms with Crippen LogP contribution < -0.4 is 0 Å². The Balaban J connectivity index is 2.31. The van der Waals surface area contributed by atoms with E-state index in [4.69, 9.17) is 0 Å². The molecule has 0 aliphatic heterocycles. The number of hydrogen-bond donors (Lipinski definition) is 0. The highest BCUT2D eigenvalue weighted by molar-refractivity contribution is 7.12. The smallest absolute Gasteiger partial charge is 0.246 e. The van der Waals surface area contributed by atoms with E-state index in [2.05, 4.69) is 4.98 Å². The van der Waals surface area contributed by atoms with Crippen LogP contribution in [0.3, 0.4) is 0 Å². The van der Waals surface area contributed by atoms with Crippen LogP contribution in [0.5, 0.6) is 0 Å². The lowest BCUT2D eigenvalue weighted by Gasteiger charge is -2.25. The minimum absolute atomic E-state index is 0.153. The number of thiazole rings is 1. The van der Waals surface area contributed by atoms with Crippen molar-refractivity contribution in [2.45, 2.75) is 57.3 Å². The number of aromatic nitrogens is 1. The van der Waals surface area contributed by atoms with Crippen LogP contribution in [0.4, 0.5) is 26.3 Å². The van der Waals surface area contributed by atoms with Gasteiger partial charge in [0, 0.05) is 14.6 Å². The zero-order valence-electron chi connectivity index (χ0n) is 13.8. The molecule has 2 unspecified atom stereocenters. The fraction of sp³-hybridized carbons (Fsp3) is 0.562. The maximum atomic E-state index is 14.6. The van der Waals surface area contributed by atoms with Gasteiger partial charge in [0.05, 0.1) is 22.5 Å².